The maximum absolute atomic E-state index is 3.55. The number of para-hydroxylation sites is 2. The molecule has 0 aliphatic carbocycles. The van der Waals surface area contributed by atoms with Crippen LogP contribution in [-0.4, -0.2) is 9.55 Å². The van der Waals surface area contributed by atoms with Crippen molar-refractivity contribution in [3.63, 3.8) is 0 Å². The molecule has 0 saturated heterocycles. The van der Waals surface area contributed by atoms with Gasteiger partial charge in [0.05, 0.1) is 5.52 Å². The second-order valence-electron chi connectivity index (χ2n) is 4.66. The van der Waals surface area contributed by atoms with Crippen molar-refractivity contribution in [3.05, 3.63) is 61.7 Å². The van der Waals surface area contributed by atoms with E-state index < -0.39 is 0 Å². The van der Waals surface area contributed by atoms with Crippen LogP contribution in [0.2, 0.25) is 0 Å². The van der Waals surface area contributed by atoms with E-state index >= 15 is 0 Å². The lowest BCUT2D eigenvalue weighted by Gasteiger charge is -2.01. The molecule has 2 aromatic heterocycles. The van der Waals surface area contributed by atoms with Crippen molar-refractivity contribution in [3.8, 4) is 0 Å². The molecule has 0 spiro atoms. The first-order chi connectivity index (χ1) is 9.90. The zero-order chi connectivity index (χ0) is 14.1. The van der Waals surface area contributed by atoms with Gasteiger partial charge in [-0.1, -0.05) is 36.4 Å². The SMILES string of the molecule is C=C.CCn1c2ccccc2c2c3ccccc3[nH]c21. The number of nitrogens with one attached hydrogen (secondary N) is 1. The maximum Gasteiger partial charge on any atom is 0.119 e. The van der Waals surface area contributed by atoms with Crippen molar-refractivity contribution in [2.24, 2.45) is 0 Å². The van der Waals surface area contributed by atoms with Crippen molar-refractivity contribution in [2.45, 2.75) is 13.5 Å². The second-order valence-corrected chi connectivity index (χ2v) is 4.66. The fourth-order valence-corrected chi connectivity index (χ4v) is 2.97. The minimum atomic E-state index is 0.983. The summed E-state index contributed by atoms with van der Waals surface area (Å²) in [5.41, 5.74) is 3.77. The Hall–Kier alpha value is -2.48. The molecule has 0 fully saturated rings. The predicted molar refractivity (Wildman–Crippen MR) is 88.2 cm³/mol. The Labute approximate surface area is 118 Å². The van der Waals surface area contributed by atoms with Crippen LogP contribution in [0.1, 0.15) is 6.92 Å². The van der Waals surface area contributed by atoms with Gasteiger partial charge in [0.15, 0.2) is 0 Å². The largest absolute Gasteiger partial charge is 0.341 e. The normalized spacial score (nSPS) is 10.8. The van der Waals surface area contributed by atoms with Gasteiger partial charge in [0.1, 0.15) is 5.65 Å². The number of rotatable bonds is 1. The van der Waals surface area contributed by atoms with Crippen molar-refractivity contribution in [1.29, 1.82) is 0 Å². The Kier molecular flexibility index (Phi) is 3.07. The summed E-state index contributed by atoms with van der Waals surface area (Å²) in [5.74, 6) is 0. The molecule has 2 aromatic carbocycles. The van der Waals surface area contributed by atoms with Crippen LogP contribution < -0.4 is 0 Å². The van der Waals surface area contributed by atoms with Crippen LogP contribution in [0.3, 0.4) is 0 Å². The van der Waals surface area contributed by atoms with Crippen molar-refractivity contribution in [2.75, 3.05) is 0 Å². The molecule has 20 heavy (non-hydrogen) atoms. The number of H-pyrrole nitrogens is 1. The predicted octanol–water partition coefficient (Wildman–Crippen LogP) is 5.10. The number of aromatic nitrogens is 2. The lowest BCUT2D eigenvalue weighted by Crippen LogP contribution is -1.93. The summed E-state index contributed by atoms with van der Waals surface area (Å²) < 4.78 is 2.35. The molecular formula is C18H18N2. The summed E-state index contributed by atoms with van der Waals surface area (Å²) in [4.78, 5) is 3.55. The average Bonchev–Trinajstić information content (AvgIpc) is 3.03. The van der Waals surface area contributed by atoms with Gasteiger partial charge < -0.3 is 9.55 Å². The van der Waals surface area contributed by atoms with Gasteiger partial charge in [0, 0.05) is 28.2 Å². The summed E-state index contributed by atoms with van der Waals surface area (Å²) in [6, 6.07) is 17.2. The average molecular weight is 262 g/mol. The zero-order valence-corrected chi connectivity index (χ0v) is 11.7. The molecule has 4 aromatic rings. The monoisotopic (exact) mass is 262 g/mol. The first kappa shape index (κ1) is 12.5. The third kappa shape index (κ3) is 1.58. The maximum atomic E-state index is 3.55. The molecule has 0 aliphatic rings. The van der Waals surface area contributed by atoms with Gasteiger partial charge in [0.25, 0.3) is 0 Å². The summed E-state index contributed by atoms with van der Waals surface area (Å²) >= 11 is 0. The molecule has 0 amide bonds. The number of benzene rings is 2. The van der Waals surface area contributed by atoms with E-state index in [2.05, 4.69) is 78.2 Å². The number of aryl methyl sites for hydroxylation is 1. The van der Waals surface area contributed by atoms with Gasteiger partial charge in [-0.3, -0.25) is 0 Å². The van der Waals surface area contributed by atoms with E-state index in [-0.39, 0.29) is 0 Å². The highest BCUT2D eigenvalue weighted by atomic mass is 15.0. The third-order valence-corrected chi connectivity index (χ3v) is 3.74. The lowest BCUT2D eigenvalue weighted by atomic mass is 10.1. The summed E-state index contributed by atoms with van der Waals surface area (Å²) in [6.07, 6.45) is 0. The number of fused-ring (bicyclic) bond motifs is 5. The van der Waals surface area contributed by atoms with E-state index in [4.69, 9.17) is 0 Å². The first-order valence-corrected chi connectivity index (χ1v) is 6.88. The fraction of sp³-hybridized carbons (Fsp3) is 0.111. The van der Waals surface area contributed by atoms with E-state index in [1.807, 2.05) is 0 Å². The van der Waals surface area contributed by atoms with Crippen LogP contribution in [0.5, 0.6) is 0 Å². The zero-order valence-electron chi connectivity index (χ0n) is 11.7. The van der Waals surface area contributed by atoms with E-state index in [0.717, 1.165) is 6.54 Å². The highest BCUT2D eigenvalue weighted by Crippen LogP contribution is 2.34. The standard InChI is InChI=1S/C16H14N2.C2H4/c1-2-18-14-10-6-4-8-12(14)15-11-7-3-5-9-13(11)17-16(15)18;1-2/h3-10,17H,2H2,1H3;1-2H2. The van der Waals surface area contributed by atoms with Gasteiger partial charge in [-0.25, -0.2) is 0 Å². The fourth-order valence-electron chi connectivity index (χ4n) is 2.97. The summed E-state index contributed by atoms with van der Waals surface area (Å²) in [7, 11) is 0. The van der Waals surface area contributed by atoms with E-state index in [9.17, 15) is 0 Å². The van der Waals surface area contributed by atoms with E-state index in [1.54, 1.807) is 0 Å². The molecule has 0 saturated carbocycles. The Morgan fingerprint density at radius 2 is 1.60 bits per heavy atom. The Morgan fingerprint density at radius 3 is 2.35 bits per heavy atom. The van der Waals surface area contributed by atoms with Gasteiger partial charge >= 0.3 is 0 Å². The topological polar surface area (TPSA) is 20.7 Å². The number of hydrogen-bond donors (Lipinski definition) is 1. The third-order valence-electron chi connectivity index (χ3n) is 3.74. The van der Waals surface area contributed by atoms with Crippen LogP contribution in [0.15, 0.2) is 61.7 Å². The van der Waals surface area contributed by atoms with Crippen molar-refractivity contribution in [1.82, 2.24) is 9.55 Å². The Bertz CT molecular complexity index is 880. The van der Waals surface area contributed by atoms with Crippen molar-refractivity contribution >= 4 is 32.8 Å². The van der Waals surface area contributed by atoms with Gasteiger partial charge in [0.2, 0.25) is 0 Å². The Balaban J connectivity index is 0.000000581. The molecule has 4 rings (SSSR count). The number of hydrogen-bond acceptors (Lipinski definition) is 0. The summed E-state index contributed by atoms with van der Waals surface area (Å²) in [5, 5.41) is 4.01. The second kappa shape index (κ2) is 4.89. The van der Waals surface area contributed by atoms with Gasteiger partial charge in [-0.2, -0.15) is 0 Å². The quantitative estimate of drug-likeness (QED) is 0.461. The smallest absolute Gasteiger partial charge is 0.119 e. The minimum absolute atomic E-state index is 0.983. The van der Waals surface area contributed by atoms with Crippen LogP contribution in [-0.2, 0) is 6.54 Å². The number of aromatic amines is 1. The molecule has 2 heteroatoms. The minimum Gasteiger partial charge on any atom is -0.341 e. The van der Waals surface area contributed by atoms with Crippen LogP contribution in [0.25, 0.3) is 32.8 Å². The molecule has 0 unspecified atom stereocenters. The first-order valence-electron chi connectivity index (χ1n) is 6.88. The molecule has 2 heterocycles. The Morgan fingerprint density at radius 1 is 0.950 bits per heavy atom. The highest BCUT2D eigenvalue weighted by molar-refractivity contribution is 6.20. The molecule has 100 valence electrons. The molecule has 0 aliphatic heterocycles. The molecule has 0 atom stereocenters. The molecular weight excluding hydrogens is 244 g/mol. The van der Waals surface area contributed by atoms with Crippen LogP contribution in [0, 0.1) is 0 Å². The highest BCUT2D eigenvalue weighted by Gasteiger charge is 2.13. The van der Waals surface area contributed by atoms with Gasteiger partial charge in [-0.05, 0) is 19.1 Å². The molecule has 0 radical (unpaired) electrons. The van der Waals surface area contributed by atoms with Crippen LogP contribution >= 0.6 is 0 Å². The summed E-state index contributed by atoms with van der Waals surface area (Å²) in [6.45, 7) is 9.17. The van der Waals surface area contributed by atoms with E-state index in [0.29, 0.717) is 0 Å². The van der Waals surface area contributed by atoms with Crippen molar-refractivity contribution < 1.29 is 0 Å². The van der Waals surface area contributed by atoms with Crippen LogP contribution in [0.4, 0.5) is 0 Å². The lowest BCUT2D eigenvalue weighted by molar-refractivity contribution is 0.819. The molecule has 2 nitrogen and oxygen atoms in total. The van der Waals surface area contributed by atoms with Gasteiger partial charge in [-0.15, -0.1) is 13.2 Å². The number of nitrogens with zero attached hydrogens (tertiary/aromatic N) is 1. The molecule has 0 bridgehead atoms. The van der Waals surface area contributed by atoms with E-state index in [1.165, 1.54) is 32.8 Å². The molecule has 1 N–H and O–H groups in total.